The summed E-state index contributed by atoms with van der Waals surface area (Å²) in [6.07, 6.45) is 0. The van der Waals surface area contributed by atoms with Gasteiger partial charge in [-0.05, 0) is 42.7 Å². The standard InChI is InChI=1S/C13H21NO2.ClH/c1-8-5-10(16)6-9(2)11(8)12(14)13(3,4)7-15;/h5-6,12,15-16H,7,14H2,1-4H3;1H/t12-;/m0./s1. The highest BCUT2D eigenvalue weighted by Crippen LogP contribution is 2.35. The molecule has 98 valence electrons. The Morgan fingerprint density at radius 1 is 1.24 bits per heavy atom. The Bertz CT molecular complexity index is 368. The Balaban J connectivity index is 0.00000256. The van der Waals surface area contributed by atoms with Crippen LogP contribution >= 0.6 is 12.4 Å². The van der Waals surface area contributed by atoms with Crippen LogP contribution in [0.1, 0.15) is 36.6 Å². The van der Waals surface area contributed by atoms with Gasteiger partial charge < -0.3 is 15.9 Å². The quantitative estimate of drug-likeness (QED) is 0.781. The molecule has 0 aromatic heterocycles. The Kier molecular flexibility index (Phi) is 5.46. The molecule has 0 aliphatic carbocycles. The van der Waals surface area contributed by atoms with Crippen LogP contribution in [0.25, 0.3) is 0 Å². The predicted octanol–water partition coefficient (Wildman–Crippen LogP) is 2.45. The minimum atomic E-state index is -0.369. The first-order valence-electron chi connectivity index (χ1n) is 5.46. The molecule has 4 heteroatoms. The summed E-state index contributed by atoms with van der Waals surface area (Å²) in [5, 5.41) is 18.8. The third kappa shape index (κ3) is 3.35. The van der Waals surface area contributed by atoms with Crippen molar-refractivity contribution in [3.8, 4) is 5.75 Å². The van der Waals surface area contributed by atoms with Gasteiger partial charge >= 0.3 is 0 Å². The molecule has 1 atom stereocenters. The molecule has 0 aliphatic heterocycles. The highest BCUT2D eigenvalue weighted by atomic mass is 35.5. The van der Waals surface area contributed by atoms with Gasteiger partial charge in [0.15, 0.2) is 0 Å². The molecular formula is C13H22ClNO2. The summed E-state index contributed by atoms with van der Waals surface area (Å²) in [6.45, 7) is 7.76. The molecule has 0 saturated carbocycles. The van der Waals surface area contributed by atoms with E-state index >= 15 is 0 Å². The molecule has 3 nitrogen and oxygen atoms in total. The van der Waals surface area contributed by atoms with Crippen molar-refractivity contribution in [1.82, 2.24) is 0 Å². The smallest absolute Gasteiger partial charge is 0.116 e. The first-order chi connectivity index (χ1) is 7.29. The van der Waals surface area contributed by atoms with Crippen molar-refractivity contribution >= 4 is 12.4 Å². The number of hydrogen-bond donors (Lipinski definition) is 3. The molecule has 1 rings (SSSR count). The number of phenolic OH excluding ortho intramolecular Hbond substituents is 1. The van der Waals surface area contributed by atoms with Crippen molar-refractivity contribution in [2.24, 2.45) is 11.1 Å². The average molecular weight is 260 g/mol. The first kappa shape index (κ1) is 16.2. The maximum absolute atomic E-state index is 9.47. The van der Waals surface area contributed by atoms with Gasteiger partial charge in [-0.1, -0.05) is 13.8 Å². The van der Waals surface area contributed by atoms with Crippen LogP contribution in [0.3, 0.4) is 0 Å². The molecule has 0 aliphatic rings. The van der Waals surface area contributed by atoms with E-state index in [0.717, 1.165) is 16.7 Å². The molecule has 0 radical (unpaired) electrons. The lowest BCUT2D eigenvalue weighted by atomic mass is 9.79. The largest absolute Gasteiger partial charge is 0.508 e. The Hall–Kier alpha value is -0.770. The van der Waals surface area contributed by atoms with Gasteiger partial charge in [-0.15, -0.1) is 12.4 Å². The first-order valence-corrected chi connectivity index (χ1v) is 5.46. The number of aliphatic hydroxyl groups is 1. The van der Waals surface area contributed by atoms with Crippen molar-refractivity contribution in [2.75, 3.05) is 6.61 Å². The van der Waals surface area contributed by atoms with Gasteiger partial charge in [0, 0.05) is 18.1 Å². The van der Waals surface area contributed by atoms with Crippen molar-refractivity contribution in [3.05, 3.63) is 28.8 Å². The summed E-state index contributed by atoms with van der Waals surface area (Å²) in [6, 6.07) is 3.17. The predicted molar refractivity (Wildman–Crippen MR) is 72.6 cm³/mol. The SMILES string of the molecule is Cc1cc(O)cc(C)c1[C@H](N)C(C)(C)CO.Cl. The fourth-order valence-corrected chi connectivity index (χ4v) is 1.93. The van der Waals surface area contributed by atoms with Crippen molar-refractivity contribution < 1.29 is 10.2 Å². The van der Waals surface area contributed by atoms with E-state index in [-0.39, 0.29) is 36.2 Å². The highest BCUT2D eigenvalue weighted by molar-refractivity contribution is 5.85. The number of halogens is 1. The molecule has 1 aromatic rings. The van der Waals surface area contributed by atoms with E-state index in [4.69, 9.17) is 5.73 Å². The Morgan fingerprint density at radius 2 is 1.65 bits per heavy atom. The van der Waals surface area contributed by atoms with E-state index in [2.05, 4.69) is 0 Å². The number of nitrogens with two attached hydrogens (primary N) is 1. The zero-order valence-electron chi connectivity index (χ0n) is 10.8. The Morgan fingerprint density at radius 3 is 2.00 bits per heavy atom. The van der Waals surface area contributed by atoms with Gasteiger partial charge in [-0.2, -0.15) is 0 Å². The van der Waals surface area contributed by atoms with Crippen LogP contribution in [-0.4, -0.2) is 16.8 Å². The number of benzene rings is 1. The van der Waals surface area contributed by atoms with Gasteiger partial charge in [0.1, 0.15) is 5.75 Å². The molecule has 1 aromatic carbocycles. The number of aryl methyl sites for hydroxylation is 2. The number of rotatable bonds is 3. The van der Waals surface area contributed by atoms with E-state index in [1.807, 2.05) is 27.7 Å². The fraction of sp³-hybridized carbons (Fsp3) is 0.538. The summed E-state index contributed by atoms with van der Waals surface area (Å²) in [5.74, 6) is 0.257. The summed E-state index contributed by atoms with van der Waals surface area (Å²) >= 11 is 0. The third-order valence-electron chi connectivity index (χ3n) is 3.14. The van der Waals surface area contributed by atoms with Crippen molar-refractivity contribution in [2.45, 2.75) is 33.7 Å². The fourth-order valence-electron chi connectivity index (χ4n) is 1.93. The van der Waals surface area contributed by atoms with Gasteiger partial charge in [-0.25, -0.2) is 0 Å². The molecular weight excluding hydrogens is 238 g/mol. The molecule has 4 N–H and O–H groups in total. The molecule has 0 fully saturated rings. The van der Waals surface area contributed by atoms with Crippen LogP contribution in [0.5, 0.6) is 5.75 Å². The average Bonchev–Trinajstić information content (AvgIpc) is 2.15. The second-order valence-electron chi connectivity index (χ2n) is 5.12. The summed E-state index contributed by atoms with van der Waals surface area (Å²) in [5.41, 5.74) is 8.76. The zero-order chi connectivity index (χ0) is 12.5. The monoisotopic (exact) mass is 259 g/mol. The molecule has 0 unspecified atom stereocenters. The lowest BCUT2D eigenvalue weighted by Crippen LogP contribution is -2.33. The van der Waals surface area contributed by atoms with Gasteiger partial charge in [0.05, 0.1) is 0 Å². The van der Waals surface area contributed by atoms with Gasteiger partial charge in [0.25, 0.3) is 0 Å². The van der Waals surface area contributed by atoms with E-state index in [0.29, 0.717) is 0 Å². The highest BCUT2D eigenvalue weighted by Gasteiger charge is 2.29. The number of aromatic hydroxyl groups is 1. The maximum Gasteiger partial charge on any atom is 0.116 e. The van der Waals surface area contributed by atoms with Crippen LogP contribution < -0.4 is 5.73 Å². The minimum Gasteiger partial charge on any atom is -0.508 e. The normalized spacial score (nSPS) is 13.1. The van der Waals surface area contributed by atoms with E-state index < -0.39 is 0 Å². The molecule has 0 heterocycles. The van der Waals surface area contributed by atoms with E-state index in [9.17, 15) is 10.2 Å². The minimum absolute atomic E-state index is 0. The van der Waals surface area contributed by atoms with Crippen molar-refractivity contribution in [3.63, 3.8) is 0 Å². The molecule has 0 amide bonds. The lowest BCUT2D eigenvalue weighted by Gasteiger charge is -2.32. The van der Waals surface area contributed by atoms with E-state index in [1.54, 1.807) is 12.1 Å². The molecule has 17 heavy (non-hydrogen) atoms. The summed E-state index contributed by atoms with van der Waals surface area (Å²) < 4.78 is 0. The van der Waals surface area contributed by atoms with Crippen LogP contribution in [0, 0.1) is 19.3 Å². The van der Waals surface area contributed by atoms with Crippen LogP contribution in [0.15, 0.2) is 12.1 Å². The van der Waals surface area contributed by atoms with Crippen LogP contribution in [0.2, 0.25) is 0 Å². The maximum atomic E-state index is 9.47. The topological polar surface area (TPSA) is 66.5 Å². The second kappa shape index (κ2) is 5.71. The number of hydrogen-bond acceptors (Lipinski definition) is 3. The Labute approximate surface area is 109 Å². The van der Waals surface area contributed by atoms with Crippen LogP contribution in [0.4, 0.5) is 0 Å². The third-order valence-corrected chi connectivity index (χ3v) is 3.14. The van der Waals surface area contributed by atoms with Crippen LogP contribution in [-0.2, 0) is 0 Å². The number of phenols is 1. The molecule has 0 saturated heterocycles. The lowest BCUT2D eigenvalue weighted by molar-refractivity contribution is 0.132. The zero-order valence-corrected chi connectivity index (χ0v) is 11.6. The van der Waals surface area contributed by atoms with Gasteiger partial charge in [0.2, 0.25) is 0 Å². The van der Waals surface area contributed by atoms with Gasteiger partial charge in [-0.3, -0.25) is 0 Å². The number of aliphatic hydroxyl groups excluding tert-OH is 1. The van der Waals surface area contributed by atoms with E-state index in [1.165, 1.54) is 0 Å². The van der Waals surface area contributed by atoms with Crippen molar-refractivity contribution in [1.29, 1.82) is 0 Å². The molecule has 0 spiro atoms. The summed E-state index contributed by atoms with van der Waals surface area (Å²) in [4.78, 5) is 0. The second-order valence-corrected chi connectivity index (χ2v) is 5.12. The summed E-state index contributed by atoms with van der Waals surface area (Å²) in [7, 11) is 0. The molecule has 0 bridgehead atoms.